The summed E-state index contributed by atoms with van der Waals surface area (Å²) < 4.78 is 41.4. The molecule has 0 spiro atoms. The predicted molar refractivity (Wildman–Crippen MR) is 71.8 cm³/mol. The number of rotatable bonds is 4. The van der Waals surface area contributed by atoms with E-state index in [1.54, 1.807) is 6.07 Å². The number of ether oxygens (including phenoxy) is 1. The van der Waals surface area contributed by atoms with Crippen molar-refractivity contribution in [2.75, 3.05) is 13.7 Å². The van der Waals surface area contributed by atoms with E-state index >= 15 is 0 Å². The Bertz CT molecular complexity index is 463. The molecule has 0 amide bonds. The van der Waals surface area contributed by atoms with Crippen molar-refractivity contribution in [2.45, 2.75) is 38.4 Å². The van der Waals surface area contributed by atoms with E-state index in [1.165, 1.54) is 11.3 Å². The molecule has 114 valence electrons. The molecule has 0 bridgehead atoms. The molecule has 0 aliphatic rings. The lowest BCUT2D eigenvalue weighted by molar-refractivity contribution is -0.146. The molecular weight excluding hydrogens is 291 g/mol. The average Bonchev–Trinajstić information content (AvgIpc) is 2.76. The Morgan fingerprint density at radius 3 is 2.35 bits per heavy atom. The molecular formula is C13H18F3NO2S. The van der Waals surface area contributed by atoms with Crippen LogP contribution in [0.15, 0.2) is 12.1 Å². The maximum absolute atomic E-state index is 12.3. The number of carbonyl (C=O) groups is 1. The molecule has 3 nitrogen and oxygen atoms in total. The van der Waals surface area contributed by atoms with Gasteiger partial charge in [-0.3, -0.25) is 5.32 Å². The van der Waals surface area contributed by atoms with Crippen LogP contribution in [-0.4, -0.2) is 25.8 Å². The molecule has 1 aromatic heterocycles. The fourth-order valence-corrected chi connectivity index (χ4v) is 2.68. The molecule has 20 heavy (non-hydrogen) atoms. The van der Waals surface area contributed by atoms with Gasteiger partial charge in [-0.1, -0.05) is 20.8 Å². The summed E-state index contributed by atoms with van der Waals surface area (Å²) in [4.78, 5) is 13.2. The first-order valence-corrected chi connectivity index (χ1v) is 6.84. The molecule has 1 unspecified atom stereocenters. The summed E-state index contributed by atoms with van der Waals surface area (Å²) in [7, 11) is 1.16. The molecule has 0 fully saturated rings. The Labute approximate surface area is 120 Å². The van der Waals surface area contributed by atoms with E-state index in [1.807, 2.05) is 26.8 Å². The van der Waals surface area contributed by atoms with Crippen molar-refractivity contribution in [2.24, 2.45) is 0 Å². The Kier molecular flexibility index (Phi) is 5.21. The van der Waals surface area contributed by atoms with Crippen molar-refractivity contribution >= 4 is 17.3 Å². The third-order valence-corrected chi connectivity index (χ3v) is 4.17. The molecule has 1 N–H and O–H groups in total. The van der Waals surface area contributed by atoms with E-state index in [0.717, 1.165) is 12.0 Å². The summed E-state index contributed by atoms with van der Waals surface area (Å²) >= 11 is 1.31. The molecule has 0 aliphatic heterocycles. The summed E-state index contributed by atoms with van der Waals surface area (Å²) in [5.41, 5.74) is -0.117. The molecule has 0 aliphatic carbocycles. The van der Waals surface area contributed by atoms with Crippen LogP contribution in [0.4, 0.5) is 13.2 Å². The SMILES string of the molecule is COC(=O)C(NCC(F)(F)F)c1ccc(C(C)(C)C)s1. The van der Waals surface area contributed by atoms with Crippen molar-refractivity contribution in [3.63, 3.8) is 0 Å². The van der Waals surface area contributed by atoms with Crippen LogP contribution in [-0.2, 0) is 14.9 Å². The number of hydrogen-bond acceptors (Lipinski definition) is 4. The zero-order chi connectivity index (χ0) is 15.6. The minimum atomic E-state index is -4.38. The fourth-order valence-electron chi connectivity index (χ4n) is 1.55. The number of carbonyl (C=O) groups excluding carboxylic acids is 1. The Morgan fingerprint density at radius 1 is 1.35 bits per heavy atom. The monoisotopic (exact) mass is 309 g/mol. The smallest absolute Gasteiger partial charge is 0.401 e. The molecule has 0 saturated carbocycles. The van der Waals surface area contributed by atoms with Crippen LogP contribution in [0.25, 0.3) is 0 Å². The zero-order valence-electron chi connectivity index (χ0n) is 11.8. The van der Waals surface area contributed by atoms with Gasteiger partial charge in [-0.2, -0.15) is 13.2 Å². The first-order chi connectivity index (χ1) is 9.04. The van der Waals surface area contributed by atoms with Gasteiger partial charge in [0.05, 0.1) is 13.7 Å². The highest BCUT2D eigenvalue weighted by Gasteiger charge is 2.32. The van der Waals surface area contributed by atoms with Crippen molar-refractivity contribution in [1.29, 1.82) is 0 Å². The third-order valence-electron chi connectivity index (χ3n) is 2.59. The quantitative estimate of drug-likeness (QED) is 0.866. The van der Waals surface area contributed by atoms with E-state index in [9.17, 15) is 18.0 Å². The molecule has 1 rings (SSSR count). The fraction of sp³-hybridized carbons (Fsp3) is 0.615. The highest BCUT2D eigenvalue weighted by atomic mass is 32.1. The first-order valence-electron chi connectivity index (χ1n) is 6.03. The standard InChI is InChI=1S/C13H18F3NO2S/c1-12(2,3)9-6-5-8(20-9)10(11(18)19-4)17-7-13(14,15)16/h5-6,10,17H,7H2,1-4H3. The summed E-state index contributed by atoms with van der Waals surface area (Å²) in [5.74, 6) is -0.725. The lowest BCUT2D eigenvalue weighted by Gasteiger charge is -2.18. The molecule has 0 aromatic carbocycles. The summed E-state index contributed by atoms with van der Waals surface area (Å²) in [6.07, 6.45) is -4.38. The topological polar surface area (TPSA) is 38.3 Å². The van der Waals surface area contributed by atoms with Crippen molar-refractivity contribution < 1.29 is 22.7 Å². The number of esters is 1. The van der Waals surface area contributed by atoms with Gasteiger partial charge in [-0.15, -0.1) is 11.3 Å². The van der Waals surface area contributed by atoms with Crippen LogP contribution in [0.5, 0.6) is 0 Å². The average molecular weight is 309 g/mol. The van der Waals surface area contributed by atoms with Gasteiger partial charge < -0.3 is 4.74 Å². The second-order valence-corrected chi connectivity index (χ2v) is 6.52. The van der Waals surface area contributed by atoms with Gasteiger partial charge in [-0.05, 0) is 17.5 Å². The Balaban J connectivity index is 2.94. The second-order valence-electron chi connectivity index (χ2n) is 5.40. The van der Waals surface area contributed by atoms with Crippen LogP contribution in [0.1, 0.15) is 36.6 Å². The van der Waals surface area contributed by atoms with Crippen LogP contribution >= 0.6 is 11.3 Å². The zero-order valence-corrected chi connectivity index (χ0v) is 12.6. The first kappa shape index (κ1) is 17.0. The van der Waals surface area contributed by atoms with E-state index < -0.39 is 24.7 Å². The van der Waals surface area contributed by atoms with Crippen LogP contribution < -0.4 is 5.32 Å². The van der Waals surface area contributed by atoms with Crippen molar-refractivity contribution in [3.05, 3.63) is 21.9 Å². The molecule has 1 atom stereocenters. The van der Waals surface area contributed by atoms with Gasteiger partial charge in [0.1, 0.15) is 6.04 Å². The van der Waals surface area contributed by atoms with Gasteiger partial charge in [0.2, 0.25) is 0 Å². The Morgan fingerprint density at radius 2 is 1.95 bits per heavy atom. The third kappa shape index (κ3) is 4.79. The number of alkyl halides is 3. The normalized spacial score (nSPS) is 14.2. The number of nitrogens with one attached hydrogen (secondary N) is 1. The Hall–Kier alpha value is -1.08. The van der Waals surface area contributed by atoms with Gasteiger partial charge in [-0.25, -0.2) is 4.79 Å². The lowest BCUT2D eigenvalue weighted by Crippen LogP contribution is -2.36. The predicted octanol–water partition coefficient (Wildman–Crippen LogP) is 3.41. The molecule has 1 heterocycles. The minimum Gasteiger partial charge on any atom is -0.468 e. The van der Waals surface area contributed by atoms with E-state index in [-0.39, 0.29) is 5.41 Å². The molecule has 0 saturated heterocycles. The highest BCUT2D eigenvalue weighted by Crippen LogP contribution is 2.33. The van der Waals surface area contributed by atoms with E-state index in [0.29, 0.717) is 4.88 Å². The second kappa shape index (κ2) is 6.13. The van der Waals surface area contributed by atoms with Gasteiger partial charge in [0.15, 0.2) is 0 Å². The van der Waals surface area contributed by atoms with Gasteiger partial charge in [0.25, 0.3) is 0 Å². The molecule has 7 heteroatoms. The summed E-state index contributed by atoms with van der Waals surface area (Å²) in [6.45, 7) is 4.76. The largest absolute Gasteiger partial charge is 0.468 e. The number of halogens is 3. The maximum atomic E-state index is 12.3. The van der Waals surface area contributed by atoms with E-state index in [2.05, 4.69) is 10.1 Å². The molecule has 1 aromatic rings. The van der Waals surface area contributed by atoms with Crippen molar-refractivity contribution in [3.8, 4) is 0 Å². The lowest BCUT2D eigenvalue weighted by atomic mass is 9.95. The molecule has 0 radical (unpaired) electrons. The number of hydrogen-bond donors (Lipinski definition) is 1. The highest BCUT2D eigenvalue weighted by molar-refractivity contribution is 7.12. The number of thiophene rings is 1. The summed E-state index contributed by atoms with van der Waals surface area (Å²) in [6, 6.07) is 2.39. The van der Waals surface area contributed by atoms with Crippen LogP contribution in [0.2, 0.25) is 0 Å². The van der Waals surface area contributed by atoms with Crippen LogP contribution in [0.3, 0.4) is 0 Å². The van der Waals surface area contributed by atoms with Gasteiger partial charge >= 0.3 is 12.1 Å². The van der Waals surface area contributed by atoms with Crippen LogP contribution in [0, 0.1) is 0 Å². The summed E-state index contributed by atoms with van der Waals surface area (Å²) in [5, 5.41) is 2.20. The van der Waals surface area contributed by atoms with Crippen molar-refractivity contribution in [1.82, 2.24) is 5.32 Å². The van der Waals surface area contributed by atoms with Gasteiger partial charge in [0, 0.05) is 9.75 Å². The van der Waals surface area contributed by atoms with E-state index in [4.69, 9.17) is 0 Å². The maximum Gasteiger partial charge on any atom is 0.401 e. The number of methoxy groups -OCH3 is 1. The minimum absolute atomic E-state index is 0.117.